The van der Waals surface area contributed by atoms with E-state index in [1.807, 2.05) is 18.7 Å². The second-order valence-corrected chi connectivity index (χ2v) is 5.38. The van der Waals surface area contributed by atoms with Crippen molar-refractivity contribution in [2.45, 2.75) is 45.6 Å². The standard InChI is InChI=1S/C13H25BrN4O/c1-4-11-13(14)12(18(3)17-11)9-10(16-15)7-6-8-19-5-2/h10,16H,4-9,15H2,1-3H3. The van der Waals surface area contributed by atoms with Crippen LogP contribution in [-0.4, -0.2) is 29.0 Å². The van der Waals surface area contributed by atoms with Crippen LogP contribution in [0.15, 0.2) is 4.47 Å². The van der Waals surface area contributed by atoms with Crippen LogP contribution in [0, 0.1) is 0 Å². The van der Waals surface area contributed by atoms with E-state index in [0.717, 1.165) is 49.1 Å². The van der Waals surface area contributed by atoms with Gasteiger partial charge in [0.2, 0.25) is 0 Å². The van der Waals surface area contributed by atoms with Crippen molar-refractivity contribution in [3.05, 3.63) is 15.9 Å². The molecule has 0 fully saturated rings. The predicted molar refractivity (Wildman–Crippen MR) is 80.8 cm³/mol. The molecule has 3 N–H and O–H groups in total. The number of nitrogens with zero attached hydrogens (tertiary/aromatic N) is 2. The monoisotopic (exact) mass is 332 g/mol. The molecule has 0 aliphatic heterocycles. The molecule has 19 heavy (non-hydrogen) atoms. The number of aryl methyl sites for hydroxylation is 2. The van der Waals surface area contributed by atoms with Crippen molar-refractivity contribution < 1.29 is 4.74 Å². The van der Waals surface area contributed by atoms with Crippen LogP contribution in [0.1, 0.15) is 38.1 Å². The maximum Gasteiger partial charge on any atom is 0.0766 e. The molecule has 1 heterocycles. The number of hydrazine groups is 1. The van der Waals surface area contributed by atoms with Gasteiger partial charge in [0, 0.05) is 32.7 Å². The number of ether oxygens (including phenoxy) is 1. The van der Waals surface area contributed by atoms with Crippen LogP contribution in [0.4, 0.5) is 0 Å². The van der Waals surface area contributed by atoms with Gasteiger partial charge in [-0.15, -0.1) is 0 Å². The number of hydrogen-bond donors (Lipinski definition) is 2. The van der Waals surface area contributed by atoms with Crippen molar-refractivity contribution in [1.29, 1.82) is 0 Å². The molecule has 0 aliphatic rings. The minimum Gasteiger partial charge on any atom is -0.382 e. The van der Waals surface area contributed by atoms with E-state index in [1.54, 1.807) is 0 Å². The number of nitrogens with two attached hydrogens (primary N) is 1. The third-order valence-corrected chi connectivity index (χ3v) is 4.14. The summed E-state index contributed by atoms with van der Waals surface area (Å²) in [7, 11) is 1.98. The molecule has 1 aromatic rings. The topological polar surface area (TPSA) is 65.1 Å². The summed E-state index contributed by atoms with van der Waals surface area (Å²) in [5.74, 6) is 5.64. The minimum atomic E-state index is 0.247. The van der Waals surface area contributed by atoms with E-state index in [0.29, 0.717) is 0 Å². The third kappa shape index (κ3) is 4.87. The van der Waals surface area contributed by atoms with Gasteiger partial charge in [0.1, 0.15) is 0 Å². The van der Waals surface area contributed by atoms with Crippen molar-refractivity contribution in [2.75, 3.05) is 13.2 Å². The highest BCUT2D eigenvalue weighted by molar-refractivity contribution is 9.10. The van der Waals surface area contributed by atoms with Crippen molar-refractivity contribution in [3.8, 4) is 0 Å². The Balaban J connectivity index is 2.57. The van der Waals surface area contributed by atoms with Crippen LogP contribution in [0.25, 0.3) is 0 Å². The SMILES string of the molecule is CCOCCCC(Cc1c(Br)c(CC)nn1C)NN. The molecule has 110 valence electrons. The maximum atomic E-state index is 5.64. The molecule has 1 atom stereocenters. The number of nitrogens with one attached hydrogen (secondary N) is 1. The lowest BCUT2D eigenvalue weighted by Gasteiger charge is -2.16. The molecule has 0 radical (unpaired) electrons. The summed E-state index contributed by atoms with van der Waals surface area (Å²) in [4.78, 5) is 0. The van der Waals surface area contributed by atoms with Gasteiger partial charge >= 0.3 is 0 Å². The molecule has 5 nitrogen and oxygen atoms in total. The fraction of sp³-hybridized carbons (Fsp3) is 0.769. The molecule has 0 saturated carbocycles. The van der Waals surface area contributed by atoms with Crippen molar-refractivity contribution in [2.24, 2.45) is 12.9 Å². The van der Waals surface area contributed by atoms with Crippen molar-refractivity contribution in [3.63, 3.8) is 0 Å². The summed E-state index contributed by atoms with van der Waals surface area (Å²) < 4.78 is 8.41. The molecule has 0 aromatic carbocycles. The van der Waals surface area contributed by atoms with E-state index in [4.69, 9.17) is 10.6 Å². The van der Waals surface area contributed by atoms with Gasteiger partial charge in [0.05, 0.1) is 15.9 Å². The van der Waals surface area contributed by atoms with Gasteiger partial charge in [-0.25, -0.2) is 0 Å². The van der Waals surface area contributed by atoms with Gasteiger partial charge in [0.25, 0.3) is 0 Å². The van der Waals surface area contributed by atoms with Crippen LogP contribution in [0.5, 0.6) is 0 Å². The summed E-state index contributed by atoms with van der Waals surface area (Å²) in [6.45, 7) is 5.69. The van der Waals surface area contributed by atoms with Gasteiger partial charge in [-0.1, -0.05) is 6.92 Å². The summed E-state index contributed by atoms with van der Waals surface area (Å²) >= 11 is 3.64. The molecular formula is C13H25BrN4O. The Bertz CT molecular complexity index is 381. The van der Waals surface area contributed by atoms with Crippen LogP contribution in [-0.2, 0) is 24.6 Å². The highest BCUT2D eigenvalue weighted by Gasteiger charge is 2.16. The van der Waals surface area contributed by atoms with E-state index >= 15 is 0 Å². The number of halogens is 1. The van der Waals surface area contributed by atoms with Gasteiger partial charge in [-0.05, 0) is 42.1 Å². The molecule has 6 heteroatoms. The smallest absolute Gasteiger partial charge is 0.0766 e. The van der Waals surface area contributed by atoms with Gasteiger partial charge < -0.3 is 4.74 Å². The van der Waals surface area contributed by atoms with Gasteiger partial charge in [-0.2, -0.15) is 5.10 Å². The Kier molecular flexibility index (Phi) is 7.60. The molecule has 0 aliphatic carbocycles. The molecule has 0 spiro atoms. The van der Waals surface area contributed by atoms with Gasteiger partial charge in [-0.3, -0.25) is 16.0 Å². The lowest BCUT2D eigenvalue weighted by molar-refractivity contribution is 0.140. The Labute approximate surface area is 124 Å². The molecule has 1 aromatic heterocycles. The first-order chi connectivity index (χ1) is 9.13. The van der Waals surface area contributed by atoms with E-state index in [1.165, 1.54) is 5.69 Å². The molecule has 0 amide bonds. The largest absolute Gasteiger partial charge is 0.382 e. The molecule has 1 rings (SSSR count). The first-order valence-electron chi connectivity index (χ1n) is 6.88. The lowest BCUT2D eigenvalue weighted by Crippen LogP contribution is -2.37. The van der Waals surface area contributed by atoms with Crippen LogP contribution < -0.4 is 11.3 Å². The fourth-order valence-corrected chi connectivity index (χ4v) is 2.87. The second kappa shape index (κ2) is 8.68. The third-order valence-electron chi connectivity index (χ3n) is 3.22. The predicted octanol–water partition coefficient (Wildman–Crippen LogP) is 1.94. The normalized spacial score (nSPS) is 12.9. The number of aromatic nitrogens is 2. The first-order valence-corrected chi connectivity index (χ1v) is 7.67. The highest BCUT2D eigenvalue weighted by atomic mass is 79.9. The van der Waals surface area contributed by atoms with Crippen molar-refractivity contribution >= 4 is 15.9 Å². The molecule has 1 unspecified atom stereocenters. The quantitative estimate of drug-likeness (QED) is 0.412. The Morgan fingerprint density at radius 2 is 2.21 bits per heavy atom. The summed E-state index contributed by atoms with van der Waals surface area (Å²) in [5, 5.41) is 4.50. The van der Waals surface area contributed by atoms with Crippen LogP contribution in [0.3, 0.4) is 0 Å². The average Bonchev–Trinajstić information content (AvgIpc) is 2.69. The summed E-state index contributed by atoms with van der Waals surface area (Å²) in [6.07, 6.45) is 3.81. The van der Waals surface area contributed by atoms with E-state index in [9.17, 15) is 0 Å². The van der Waals surface area contributed by atoms with Crippen LogP contribution in [0.2, 0.25) is 0 Å². The molecule has 0 bridgehead atoms. The molecular weight excluding hydrogens is 308 g/mol. The highest BCUT2D eigenvalue weighted by Crippen LogP contribution is 2.23. The second-order valence-electron chi connectivity index (χ2n) is 4.59. The fourth-order valence-electron chi connectivity index (χ4n) is 2.10. The molecule has 0 saturated heterocycles. The van der Waals surface area contributed by atoms with E-state index in [2.05, 4.69) is 33.4 Å². The van der Waals surface area contributed by atoms with Crippen LogP contribution >= 0.6 is 15.9 Å². The zero-order valence-corrected chi connectivity index (χ0v) is 13.7. The zero-order valence-electron chi connectivity index (χ0n) is 12.1. The zero-order chi connectivity index (χ0) is 14.3. The Morgan fingerprint density at radius 3 is 2.74 bits per heavy atom. The van der Waals surface area contributed by atoms with Gasteiger partial charge in [0.15, 0.2) is 0 Å². The lowest BCUT2D eigenvalue weighted by atomic mass is 10.1. The van der Waals surface area contributed by atoms with E-state index < -0.39 is 0 Å². The Morgan fingerprint density at radius 1 is 1.47 bits per heavy atom. The summed E-state index contributed by atoms with van der Waals surface area (Å²) in [6, 6.07) is 0.247. The Hall–Kier alpha value is -0.430. The minimum absolute atomic E-state index is 0.247. The van der Waals surface area contributed by atoms with E-state index in [-0.39, 0.29) is 6.04 Å². The average molecular weight is 333 g/mol. The number of rotatable bonds is 9. The van der Waals surface area contributed by atoms with Crippen molar-refractivity contribution in [1.82, 2.24) is 15.2 Å². The first kappa shape index (κ1) is 16.6. The maximum absolute atomic E-state index is 5.64. The summed E-state index contributed by atoms with van der Waals surface area (Å²) in [5.41, 5.74) is 5.18. The number of hydrogen-bond acceptors (Lipinski definition) is 4.